The molecule has 0 aliphatic rings. The molecule has 0 aliphatic heterocycles. The van der Waals surface area contributed by atoms with Crippen LogP contribution in [0.4, 0.5) is 0 Å². The van der Waals surface area contributed by atoms with Gasteiger partial charge in [-0.15, -0.1) is 0 Å². The highest BCUT2D eigenvalue weighted by Crippen LogP contribution is 2.29. The number of hydrogen-bond donors (Lipinski definition) is 1. The molecule has 1 N–H and O–H groups in total. The molecule has 1 amide bonds. The molecule has 4 aromatic carbocycles. The van der Waals surface area contributed by atoms with E-state index in [1.54, 1.807) is 0 Å². The third-order valence-electron chi connectivity index (χ3n) is 4.65. The number of rotatable bonds is 6. The largest absolute Gasteiger partial charge is 0.491 e. The van der Waals surface area contributed by atoms with Crippen molar-refractivity contribution in [3.63, 3.8) is 0 Å². The van der Waals surface area contributed by atoms with E-state index in [0.29, 0.717) is 18.7 Å². The van der Waals surface area contributed by atoms with Crippen LogP contribution in [0.15, 0.2) is 97.1 Å². The lowest BCUT2D eigenvalue weighted by Crippen LogP contribution is -2.28. The molecule has 0 atom stereocenters. The lowest BCUT2D eigenvalue weighted by atomic mass is 10.0. The average Bonchev–Trinajstić information content (AvgIpc) is 2.77. The van der Waals surface area contributed by atoms with Crippen molar-refractivity contribution in [3.8, 4) is 16.9 Å². The predicted molar refractivity (Wildman–Crippen MR) is 114 cm³/mol. The van der Waals surface area contributed by atoms with Gasteiger partial charge in [0.2, 0.25) is 0 Å². The molecule has 4 aromatic rings. The fraction of sp³-hybridized carbons (Fsp3) is 0.0800. The molecule has 0 saturated carbocycles. The number of amides is 1. The minimum absolute atomic E-state index is 0.0863. The zero-order valence-corrected chi connectivity index (χ0v) is 15.5. The van der Waals surface area contributed by atoms with Gasteiger partial charge in [0.15, 0.2) is 0 Å². The Morgan fingerprint density at radius 3 is 2.36 bits per heavy atom. The van der Waals surface area contributed by atoms with Gasteiger partial charge in [-0.2, -0.15) is 0 Å². The van der Waals surface area contributed by atoms with Crippen molar-refractivity contribution in [2.24, 2.45) is 0 Å². The van der Waals surface area contributed by atoms with E-state index in [2.05, 4.69) is 17.4 Å². The van der Waals surface area contributed by atoms with Gasteiger partial charge in [-0.05, 0) is 28.5 Å². The summed E-state index contributed by atoms with van der Waals surface area (Å²) in [5.41, 5.74) is 2.84. The Balaban J connectivity index is 1.40. The first kappa shape index (κ1) is 17.8. The Morgan fingerprint density at radius 1 is 0.750 bits per heavy atom. The van der Waals surface area contributed by atoms with Gasteiger partial charge in [0.1, 0.15) is 12.4 Å². The molecule has 3 heteroatoms. The van der Waals surface area contributed by atoms with E-state index in [-0.39, 0.29) is 5.91 Å². The van der Waals surface area contributed by atoms with Gasteiger partial charge in [0, 0.05) is 11.1 Å². The summed E-state index contributed by atoms with van der Waals surface area (Å²) < 4.78 is 5.95. The normalized spacial score (nSPS) is 10.6. The number of para-hydroxylation sites is 1. The van der Waals surface area contributed by atoms with E-state index in [0.717, 1.165) is 27.6 Å². The Morgan fingerprint density at radius 2 is 1.46 bits per heavy atom. The predicted octanol–water partition coefficient (Wildman–Crippen LogP) is 5.32. The van der Waals surface area contributed by atoms with E-state index in [1.807, 2.05) is 84.9 Å². The summed E-state index contributed by atoms with van der Waals surface area (Å²) in [6, 6.07) is 31.8. The molecule has 138 valence electrons. The van der Waals surface area contributed by atoms with Gasteiger partial charge >= 0.3 is 0 Å². The fourth-order valence-corrected chi connectivity index (χ4v) is 3.29. The van der Waals surface area contributed by atoms with Crippen molar-refractivity contribution in [3.05, 3.63) is 103 Å². The monoisotopic (exact) mass is 367 g/mol. The van der Waals surface area contributed by atoms with Crippen LogP contribution in [0.5, 0.6) is 5.75 Å². The molecular weight excluding hydrogens is 346 g/mol. The summed E-state index contributed by atoms with van der Waals surface area (Å²) >= 11 is 0. The van der Waals surface area contributed by atoms with Crippen molar-refractivity contribution in [1.82, 2.24) is 5.32 Å². The van der Waals surface area contributed by atoms with Gasteiger partial charge in [0.05, 0.1) is 6.54 Å². The summed E-state index contributed by atoms with van der Waals surface area (Å²) in [6.07, 6.45) is 0. The topological polar surface area (TPSA) is 38.3 Å². The second kappa shape index (κ2) is 8.40. The number of carbonyl (C=O) groups is 1. The number of nitrogens with one attached hydrogen (secondary N) is 1. The quantitative estimate of drug-likeness (QED) is 0.469. The van der Waals surface area contributed by atoms with Gasteiger partial charge in [-0.3, -0.25) is 4.79 Å². The van der Waals surface area contributed by atoms with Crippen molar-refractivity contribution >= 4 is 16.7 Å². The molecule has 4 rings (SSSR count). The van der Waals surface area contributed by atoms with Crippen molar-refractivity contribution in [1.29, 1.82) is 0 Å². The SMILES string of the molecule is O=C(NCCOc1ccccc1-c1ccccc1)c1cccc2ccccc12. The molecule has 0 saturated heterocycles. The highest BCUT2D eigenvalue weighted by Gasteiger charge is 2.09. The first-order chi connectivity index (χ1) is 13.8. The maximum Gasteiger partial charge on any atom is 0.252 e. The van der Waals surface area contributed by atoms with E-state index in [1.165, 1.54) is 0 Å². The minimum Gasteiger partial charge on any atom is -0.491 e. The smallest absolute Gasteiger partial charge is 0.252 e. The number of hydrogen-bond acceptors (Lipinski definition) is 2. The number of fused-ring (bicyclic) bond motifs is 1. The van der Waals surface area contributed by atoms with E-state index >= 15 is 0 Å². The van der Waals surface area contributed by atoms with Gasteiger partial charge in [0.25, 0.3) is 5.91 Å². The van der Waals surface area contributed by atoms with Crippen LogP contribution in [0.3, 0.4) is 0 Å². The molecule has 0 spiro atoms. The molecule has 0 unspecified atom stereocenters. The first-order valence-corrected chi connectivity index (χ1v) is 9.36. The summed E-state index contributed by atoms with van der Waals surface area (Å²) in [5, 5.41) is 4.97. The van der Waals surface area contributed by atoms with Gasteiger partial charge in [-0.25, -0.2) is 0 Å². The van der Waals surface area contributed by atoms with Crippen LogP contribution in [0.2, 0.25) is 0 Å². The second-order valence-corrected chi connectivity index (χ2v) is 6.49. The van der Waals surface area contributed by atoms with Gasteiger partial charge < -0.3 is 10.1 Å². The third kappa shape index (κ3) is 3.89. The maximum absolute atomic E-state index is 12.6. The fourth-order valence-electron chi connectivity index (χ4n) is 3.29. The number of carbonyl (C=O) groups excluding carboxylic acids is 1. The molecule has 0 radical (unpaired) electrons. The van der Waals surface area contributed by atoms with Crippen molar-refractivity contribution < 1.29 is 9.53 Å². The van der Waals surface area contributed by atoms with E-state index < -0.39 is 0 Å². The number of ether oxygens (including phenoxy) is 1. The van der Waals surface area contributed by atoms with E-state index in [4.69, 9.17) is 4.74 Å². The van der Waals surface area contributed by atoms with Crippen LogP contribution in [0, 0.1) is 0 Å². The van der Waals surface area contributed by atoms with Gasteiger partial charge in [-0.1, -0.05) is 84.9 Å². The molecule has 0 fully saturated rings. The maximum atomic E-state index is 12.6. The Hall–Kier alpha value is -3.59. The number of benzene rings is 4. The van der Waals surface area contributed by atoms with Crippen LogP contribution in [-0.4, -0.2) is 19.1 Å². The van der Waals surface area contributed by atoms with Crippen LogP contribution >= 0.6 is 0 Å². The van der Waals surface area contributed by atoms with E-state index in [9.17, 15) is 4.79 Å². The highest BCUT2D eigenvalue weighted by atomic mass is 16.5. The van der Waals surface area contributed by atoms with Crippen LogP contribution < -0.4 is 10.1 Å². The molecule has 3 nitrogen and oxygen atoms in total. The molecule has 0 aromatic heterocycles. The summed E-state index contributed by atoms with van der Waals surface area (Å²) in [5.74, 6) is 0.727. The second-order valence-electron chi connectivity index (χ2n) is 6.49. The molecule has 0 bridgehead atoms. The molecule has 0 aliphatic carbocycles. The summed E-state index contributed by atoms with van der Waals surface area (Å²) in [7, 11) is 0. The molecule has 0 heterocycles. The molecular formula is C25H21NO2. The van der Waals surface area contributed by atoms with Crippen LogP contribution in [0.1, 0.15) is 10.4 Å². The van der Waals surface area contributed by atoms with Crippen molar-refractivity contribution in [2.45, 2.75) is 0 Å². The minimum atomic E-state index is -0.0863. The highest BCUT2D eigenvalue weighted by molar-refractivity contribution is 6.06. The summed E-state index contributed by atoms with van der Waals surface area (Å²) in [6.45, 7) is 0.839. The van der Waals surface area contributed by atoms with Crippen molar-refractivity contribution in [2.75, 3.05) is 13.2 Å². The zero-order chi connectivity index (χ0) is 19.2. The lowest BCUT2D eigenvalue weighted by Gasteiger charge is -2.12. The Bertz CT molecular complexity index is 1080. The Kier molecular flexibility index (Phi) is 5.34. The Labute approximate surface area is 164 Å². The molecule has 28 heavy (non-hydrogen) atoms. The van der Waals surface area contributed by atoms with Crippen LogP contribution in [-0.2, 0) is 0 Å². The van der Waals surface area contributed by atoms with Crippen LogP contribution in [0.25, 0.3) is 21.9 Å². The lowest BCUT2D eigenvalue weighted by molar-refractivity contribution is 0.0948. The summed E-state index contributed by atoms with van der Waals surface area (Å²) in [4.78, 5) is 12.6. The zero-order valence-electron chi connectivity index (χ0n) is 15.5. The third-order valence-corrected chi connectivity index (χ3v) is 4.65. The first-order valence-electron chi connectivity index (χ1n) is 9.36. The standard InChI is InChI=1S/C25H21NO2/c27-25(23-15-8-12-19-11-4-5-13-21(19)23)26-17-18-28-24-16-7-6-14-22(24)20-9-2-1-3-10-20/h1-16H,17-18H2,(H,26,27). The average molecular weight is 367 g/mol.